The van der Waals surface area contributed by atoms with Crippen molar-refractivity contribution in [2.75, 3.05) is 5.75 Å². The van der Waals surface area contributed by atoms with Gasteiger partial charge in [0.1, 0.15) is 30.2 Å². The molecule has 0 aromatic heterocycles. The maximum Gasteiger partial charge on any atom is 0.244 e. The number of nitrogens with two attached hydrogens (primary N) is 2. The van der Waals surface area contributed by atoms with Crippen molar-refractivity contribution in [3.05, 3.63) is 35.9 Å². The molecule has 51 heavy (non-hydrogen) atoms. The van der Waals surface area contributed by atoms with E-state index in [1.54, 1.807) is 30.3 Å². The molecule has 1 saturated heterocycles. The quantitative estimate of drug-likeness (QED) is 0.127. The minimum Gasteiger partial charge on any atom is -0.370 e. The molecule has 1 fully saturated rings. The number of carbonyl (C=O) groups is 8. The largest absolute Gasteiger partial charge is 0.370 e. The van der Waals surface area contributed by atoms with Crippen LogP contribution in [0.15, 0.2) is 30.3 Å². The van der Waals surface area contributed by atoms with Gasteiger partial charge in [-0.25, -0.2) is 0 Å². The molecule has 1 aliphatic rings. The lowest BCUT2D eigenvalue weighted by atomic mass is 9.99. The molecule has 16 nitrogen and oxygen atoms in total. The molecule has 0 spiro atoms. The van der Waals surface area contributed by atoms with Gasteiger partial charge in [0.15, 0.2) is 0 Å². The number of primary amides is 1. The fraction of sp³-hybridized carbons (Fsp3) is 0.588. The number of hydrogen-bond acceptors (Lipinski definition) is 10. The van der Waals surface area contributed by atoms with E-state index in [1.807, 2.05) is 27.7 Å². The molecule has 2 rings (SSSR count). The van der Waals surface area contributed by atoms with Gasteiger partial charge in [-0.1, -0.05) is 69.8 Å². The first-order valence-corrected chi connectivity index (χ1v) is 17.9. The Kier molecular flexibility index (Phi) is 17.0. The Balaban J connectivity index is 2.54. The molecule has 0 aliphatic carbocycles. The molecule has 0 bridgehead atoms. The zero-order chi connectivity index (χ0) is 38.4. The van der Waals surface area contributed by atoms with E-state index in [9.17, 15) is 38.4 Å². The van der Waals surface area contributed by atoms with E-state index < -0.39 is 95.2 Å². The van der Waals surface area contributed by atoms with Crippen molar-refractivity contribution in [2.24, 2.45) is 23.3 Å². The van der Waals surface area contributed by atoms with Crippen molar-refractivity contribution in [1.82, 2.24) is 31.9 Å². The van der Waals surface area contributed by atoms with E-state index >= 15 is 0 Å². The predicted molar refractivity (Wildman–Crippen MR) is 191 cm³/mol. The molecular formula is C34H52N8O8S. The van der Waals surface area contributed by atoms with Crippen molar-refractivity contribution >= 4 is 58.2 Å². The van der Waals surface area contributed by atoms with Gasteiger partial charge < -0.3 is 43.4 Å². The van der Waals surface area contributed by atoms with Gasteiger partial charge in [0, 0.05) is 12.2 Å². The smallest absolute Gasteiger partial charge is 0.244 e. The Morgan fingerprint density at radius 3 is 1.90 bits per heavy atom. The summed E-state index contributed by atoms with van der Waals surface area (Å²) < 4.78 is 0. The van der Waals surface area contributed by atoms with Crippen molar-refractivity contribution < 1.29 is 38.4 Å². The second kappa shape index (κ2) is 20.4. The van der Waals surface area contributed by atoms with Gasteiger partial charge >= 0.3 is 0 Å². The van der Waals surface area contributed by atoms with E-state index in [4.69, 9.17) is 11.5 Å². The van der Waals surface area contributed by atoms with E-state index in [2.05, 4.69) is 31.9 Å². The van der Waals surface area contributed by atoms with Crippen LogP contribution < -0.4 is 43.4 Å². The monoisotopic (exact) mass is 732 g/mol. The van der Waals surface area contributed by atoms with Gasteiger partial charge in [0.25, 0.3) is 0 Å². The number of benzene rings is 1. The van der Waals surface area contributed by atoms with Crippen LogP contribution in [-0.4, -0.2) is 94.5 Å². The molecule has 0 radical (unpaired) electrons. The van der Waals surface area contributed by atoms with Gasteiger partial charge in [-0.05, 0) is 44.1 Å². The first-order chi connectivity index (χ1) is 23.9. The summed E-state index contributed by atoms with van der Waals surface area (Å²) in [4.78, 5) is 105. The highest BCUT2D eigenvalue weighted by Crippen LogP contribution is 2.17. The summed E-state index contributed by atoms with van der Waals surface area (Å²) in [6.07, 6.45) is -0.0790. The highest BCUT2D eigenvalue weighted by atomic mass is 32.2. The first kappa shape index (κ1) is 42.7. The molecule has 7 amide bonds. The Morgan fingerprint density at radius 2 is 1.33 bits per heavy atom. The predicted octanol–water partition coefficient (Wildman–Crippen LogP) is -1.25. The topological polar surface area (TPSA) is 261 Å². The number of nitrogens with one attached hydrogen (secondary N) is 6. The fourth-order valence-electron chi connectivity index (χ4n) is 5.10. The summed E-state index contributed by atoms with van der Waals surface area (Å²) in [6.45, 7) is 10.2. The van der Waals surface area contributed by atoms with E-state index in [0.29, 0.717) is 11.8 Å². The lowest BCUT2D eigenvalue weighted by molar-refractivity contribution is -0.135. The van der Waals surface area contributed by atoms with E-state index in [0.717, 1.165) is 5.56 Å². The lowest BCUT2D eigenvalue weighted by Gasteiger charge is -2.28. The van der Waals surface area contributed by atoms with Crippen LogP contribution in [0.25, 0.3) is 0 Å². The maximum atomic E-state index is 13.7. The number of rotatable bonds is 12. The summed E-state index contributed by atoms with van der Waals surface area (Å²) in [6, 6.07) is 0.445. The van der Waals surface area contributed by atoms with Crippen LogP contribution in [0, 0.1) is 11.8 Å². The average Bonchev–Trinajstić information content (AvgIpc) is 3.04. The third-order valence-electron chi connectivity index (χ3n) is 7.79. The zero-order valence-electron chi connectivity index (χ0n) is 29.9. The van der Waals surface area contributed by atoms with Crippen molar-refractivity contribution in [3.63, 3.8) is 0 Å². The summed E-state index contributed by atoms with van der Waals surface area (Å²) >= 11 is 0.666. The van der Waals surface area contributed by atoms with Gasteiger partial charge in [0.2, 0.25) is 46.5 Å². The minimum atomic E-state index is -1.50. The highest BCUT2D eigenvalue weighted by Gasteiger charge is 2.35. The second-order valence-corrected chi connectivity index (χ2v) is 14.6. The van der Waals surface area contributed by atoms with Crippen molar-refractivity contribution in [3.8, 4) is 0 Å². The van der Waals surface area contributed by atoms with Gasteiger partial charge in [-0.2, -0.15) is 0 Å². The SMILES string of the molecule is CC(C)C[C@@H]1NC(=O)[C@H](Cc2ccccc2)NC(=O)[C@H](C)NC(=O)[C@@H](NC(=O)[C@H](CC(N)=O)NC(=O)[C@H](C)N)CSC(=O)[C@H](CC(C)C)NC1=O. The molecule has 0 saturated carbocycles. The van der Waals surface area contributed by atoms with Crippen LogP contribution in [0.4, 0.5) is 0 Å². The number of carbonyl (C=O) groups excluding carboxylic acids is 8. The first-order valence-electron chi connectivity index (χ1n) is 16.9. The highest BCUT2D eigenvalue weighted by molar-refractivity contribution is 8.13. The Bertz CT molecular complexity index is 1420. The molecule has 17 heteroatoms. The minimum absolute atomic E-state index is 0.0294. The Morgan fingerprint density at radius 1 is 0.784 bits per heavy atom. The fourth-order valence-corrected chi connectivity index (χ4v) is 6.03. The molecule has 7 atom stereocenters. The van der Waals surface area contributed by atoms with Gasteiger partial charge in [-0.15, -0.1) is 0 Å². The molecule has 1 aromatic rings. The molecule has 1 aromatic carbocycles. The molecule has 1 aliphatic heterocycles. The maximum absolute atomic E-state index is 13.7. The average molecular weight is 733 g/mol. The van der Waals surface area contributed by atoms with E-state index in [1.165, 1.54) is 13.8 Å². The van der Waals surface area contributed by atoms with Crippen LogP contribution in [0.5, 0.6) is 0 Å². The number of thioether (sulfide) groups is 1. The summed E-state index contributed by atoms with van der Waals surface area (Å²) in [5.41, 5.74) is 11.6. The molecule has 282 valence electrons. The van der Waals surface area contributed by atoms with Crippen molar-refractivity contribution in [1.29, 1.82) is 0 Å². The normalized spacial score (nSPS) is 23.7. The Labute approximate surface area is 302 Å². The van der Waals surface area contributed by atoms with Crippen LogP contribution >= 0.6 is 11.8 Å². The molecule has 0 unspecified atom stereocenters. The third kappa shape index (κ3) is 14.7. The summed E-state index contributed by atoms with van der Waals surface area (Å²) in [7, 11) is 0. The molecular weight excluding hydrogens is 680 g/mol. The lowest BCUT2D eigenvalue weighted by Crippen LogP contribution is -2.60. The van der Waals surface area contributed by atoms with Crippen molar-refractivity contribution in [2.45, 2.75) is 110 Å². The van der Waals surface area contributed by atoms with Crippen LogP contribution in [0.2, 0.25) is 0 Å². The van der Waals surface area contributed by atoms with Crippen LogP contribution in [0.1, 0.15) is 66.4 Å². The molecule has 1 heterocycles. The van der Waals surface area contributed by atoms with Crippen LogP contribution in [-0.2, 0) is 44.8 Å². The Hall–Kier alpha value is -4.51. The molecule has 10 N–H and O–H groups in total. The number of hydrogen-bond donors (Lipinski definition) is 8. The van der Waals surface area contributed by atoms with E-state index in [-0.39, 0.29) is 36.9 Å². The summed E-state index contributed by atoms with van der Waals surface area (Å²) in [5, 5.41) is 15.0. The second-order valence-electron chi connectivity index (χ2n) is 13.6. The zero-order valence-corrected chi connectivity index (χ0v) is 30.8. The van der Waals surface area contributed by atoms with Crippen LogP contribution in [0.3, 0.4) is 0 Å². The number of amides is 7. The summed E-state index contributed by atoms with van der Waals surface area (Å²) in [5.74, 6) is -5.91. The standard InChI is InChI=1S/C34H52N8O8S/c1-17(2)12-22-30(46)41-25(13-18(3)4)34(50)51-16-26(42-32(48)24(15-27(36)43)38-28(44)19(5)35)33(49)37-20(6)29(45)39-23(31(47)40-22)14-21-10-8-7-9-11-21/h7-11,17-20,22-26H,12-16,35H2,1-6H3,(H2,36,43)(H,37,49)(H,38,44)(H,39,45)(H,40,47)(H,41,46)(H,42,48)/t19-,20-,22-,23-,24-,25-,26-/m0/s1. The third-order valence-corrected chi connectivity index (χ3v) is 8.86. The van der Waals surface area contributed by atoms with Gasteiger partial charge in [0.05, 0.1) is 18.5 Å². The van der Waals surface area contributed by atoms with Gasteiger partial charge in [-0.3, -0.25) is 38.4 Å².